The molecule has 1 aromatic carbocycles. The van der Waals surface area contributed by atoms with Gasteiger partial charge in [-0.25, -0.2) is 5.43 Å². The van der Waals surface area contributed by atoms with Crippen molar-refractivity contribution in [3.63, 3.8) is 0 Å². The highest BCUT2D eigenvalue weighted by molar-refractivity contribution is 5.78. The van der Waals surface area contributed by atoms with Gasteiger partial charge in [-0.1, -0.05) is 18.2 Å². The van der Waals surface area contributed by atoms with Crippen molar-refractivity contribution in [2.75, 3.05) is 7.11 Å². The number of hydrogen-bond acceptors (Lipinski definition) is 5. The van der Waals surface area contributed by atoms with Crippen LogP contribution in [0.15, 0.2) is 53.2 Å². The molecule has 3 N–H and O–H groups in total. The predicted octanol–water partition coefficient (Wildman–Crippen LogP) is 2.39. The Balaban J connectivity index is 2.09. The van der Waals surface area contributed by atoms with Gasteiger partial charge in [-0.3, -0.25) is 10.8 Å². The Morgan fingerprint density at radius 3 is 2.90 bits per heavy atom. The first-order valence-electron chi connectivity index (χ1n) is 6.26. The average molecular weight is 269 g/mol. The van der Waals surface area contributed by atoms with Crippen LogP contribution in [-0.2, 0) is 0 Å². The predicted molar refractivity (Wildman–Crippen MR) is 76.2 cm³/mol. The van der Waals surface area contributed by atoms with Crippen molar-refractivity contribution in [2.24, 2.45) is 5.84 Å². The highest BCUT2D eigenvalue weighted by Crippen LogP contribution is 2.31. The first-order valence-corrected chi connectivity index (χ1v) is 6.26. The van der Waals surface area contributed by atoms with Crippen molar-refractivity contribution in [3.8, 4) is 5.75 Å². The molecule has 0 spiro atoms. The standard InChI is InChI=1S/C15H15N3O2/c1-19-14-9-17-7-6-11(14)15(18-16)13-8-10-4-2-3-5-12(10)20-13/h2-9,15,18H,16H2,1H3. The molecule has 5 heteroatoms. The molecule has 0 aliphatic carbocycles. The molecule has 0 aliphatic rings. The van der Waals surface area contributed by atoms with Crippen LogP contribution in [0.4, 0.5) is 0 Å². The maximum atomic E-state index is 5.86. The van der Waals surface area contributed by atoms with Crippen molar-refractivity contribution in [1.82, 2.24) is 10.4 Å². The lowest BCUT2D eigenvalue weighted by atomic mass is 10.1. The van der Waals surface area contributed by atoms with Crippen LogP contribution in [0.25, 0.3) is 11.0 Å². The largest absolute Gasteiger partial charge is 0.495 e. The lowest BCUT2D eigenvalue weighted by molar-refractivity contribution is 0.395. The zero-order valence-electron chi connectivity index (χ0n) is 11.0. The second-order valence-corrected chi connectivity index (χ2v) is 4.40. The van der Waals surface area contributed by atoms with Gasteiger partial charge in [-0.05, 0) is 18.2 Å². The van der Waals surface area contributed by atoms with Gasteiger partial charge in [-0.15, -0.1) is 0 Å². The molecule has 0 bridgehead atoms. The number of nitrogens with zero attached hydrogens (tertiary/aromatic N) is 1. The molecule has 0 aliphatic heterocycles. The minimum atomic E-state index is -0.291. The van der Waals surface area contributed by atoms with E-state index in [1.807, 2.05) is 36.4 Å². The Labute approximate surface area is 116 Å². The van der Waals surface area contributed by atoms with Gasteiger partial charge in [0.2, 0.25) is 0 Å². The van der Waals surface area contributed by atoms with Crippen molar-refractivity contribution >= 4 is 11.0 Å². The Bertz CT molecular complexity index is 691. The maximum absolute atomic E-state index is 5.86. The normalized spacial score (nSPS) is 12.5. The van der Waals surface area contributed by atoms with Crippen molar-refractivity contribution in [2.45, 2.75) is 6.04 Å². The van der Waals surface area contributed by atoms with E-state index in [-0.39, 0.29) is 6.04 Å². The summed E-state index contributed by atoms with van der Waals surface area (Å²) in [5.41, 5.74) is 4.48. The van der Waals surface area contributed by atoms with Gasteiger partial charge < -0.3 is 9.15 Å². The van der Waals surface area contributed by atoms with Crippen LogP contribution in [0.1, 0.15) is 17.4 Å². The number of para-hydroxylation sites is 1. The molecular formula is C15H15N3O2. The summed E-state index contributed by atoms with van der Waals surface area (Å²) in [6.07, 6.45) is 3.35. The summed E-state index contributed by atoms with van der Waals surface area (Å²) in [5.74, 6) is 7.09. The highest BCUT2D eigenvalue weighted by atomic mass is 16.5. The molecule has 5 nitrogen and oxygen atoms in total. The van der Waals surface area contributed by atoms with E-state index >= 15 is 0 Å². The first-order chi connectivity index (χ1) is 9.83. The number of benzene rings is 1. The Morgan fingerprint density at radius 2 is 2.15 bits per heavy atom. The quantitative estimate of drug-likeness (QED) is 0.562. The molecule has 102 valence electrons. The fourth-order valence-electron chi connectivity index (χ4n) is 2.27. The molecule has 0 radical (unpaired) electrons. The molecule has 20 heavy (non-hydrogen) atoms. The Morgan fingerprint density at radius 1 is 1.30 bits per heavy atom. The monoisotopic (exact) mass is 269 g/mol. The Kier molecular flexibility index (Phi) is 3.37. The van der Waals surface area contributed by atoms with E-state index in [2.05, 4.69) is 10.4 Å². The number of rotatable bonds is 4. The van der Waals surface area contributed by atoms with Crippen molar-refractivity contribution in [1.29, 1.82) is 0 Å². The molecule has 2 aromatic heterocycles. The van der Waals surface area contributed by atoms with Crippen LogP contribution in [0, 0.1) is 0 Å². The molecule has 0 saturated heterocycles. The number of furan rings is 1. The summed E-state index contributed by atoms with van der Waals surface area (Å²) in [5, 5.41) is 1.04. The number of hydrogen-bond donors (Lipinski definition) is 2. The van der Waals surface area contributed by atoms with Crippen LogP contribution in [0.5, 0.6) is 5.75 Å². The van der Waals surface area contributed by atoms with E-state index in [9.17, 15) is 0 Å². The molecule has 2 heterocycles. The van der Waals surface area contributed by atoms with Gasteiger partial charge in [0, 0.05) is 17.1 Å². The van der Waals surface area contributed by atoms with E-state index in [0.29, 0.717) is 5.75 Å². The fourth-order valence-corrected chi connectivity index (χ4v) is 2.27. The molecule has 1 unspecified atom stereocenters. The van der Waals surface area contributed by atoms with E-state index in [1.54, 1.807) is 19.5 Å². The second-order valence-electron chi connectivity index (χ2n) is 4.40. The lowest BCUT2D eigenvalue weighted by Crippen LogP contribution is -2.28. The summed E-state index contributed by atoms with van der Waals surface area (Å²) in [4.78, 5) is 4.05. The number of aromatic nitrogens is 1. The van der Waals surface area contributed by atoms with Gasteiger partial charge in [0.1, 0.15) is 23.1 Å². The maximum Gasteiger partial charge on any atom is 0.142 e. The lowest BCUT2D eigenvalue weighted by Gasteiger charge is -2.16. The molecular weight excluding hydrogens is 254 g/mol. The fraction of sp³-hybridized carbons (Fsp3) is 0.133. The molecule has 3 aromatic rings. The topological polar surface area (TPSA) is 73.3 Å². The first kappa shape index (κ1) is 12.7. The third kappa shape index (κ3) is 2.13. The number of pyridine rings is 1. The highest BCUT2D eigenvalue weighted by Gasteiger charge is 2.20. The van der Waals surface area contributed by atoms with E-state index in [4.69, 9.17) is 15.0 Å². The van der Waals surface area contributed by atoms with Gasteiger partial charge in [0.05, 0.1) is 13.3 Å². The minimum Gasteiger partial charge on any atom is -0.495 e. The van der Waals surface area contributed by atoms with Crippen molar-refractivity contribution < 1.29 is 9.15 Å². The zero-order valence-corrected chi connectivity index (χ0v) is 11.0. The number of hydrazine groups is 1. The average Bonchev–Trinajstić information content (AvgIpc) is 2.92. The molecule has 0 saturated carbocycles. The van der Waals surface area contributed by atoms with E-state index in [0.717, 1.165) is 22.3 Å². The second kappa shape index (κ2) is 5.32. The smallest absolute Gasteiger partial charge is 0.142 e. The number of nitrogens with two attached hydrogens (primary N) is 1. The van der Waals surface area contributed by atoms with Crippen LogP contribution in [0.2, 0.25) is 0 Å². The van der Waals surface area contributed by atoms with Gasteiger partial charge >= 0.3 is 0 Å². The number of fused-ring (bicyclic) bond motifs is 1. The molecule has 3 rings (SSSR count). The van der Waals surface area contributed by atoms with Crippen LogP contribution in [-0.4, -0.2) is 12.1 Å². The number of ether oxygens (including phenoxy) is 1. The third-order valence-corrected chi connectivity index (χ3v) is 3.24. The molecule has 0 amide bonds. The van der Waals surface area contributed by atoms with Gasteiger partial charge in [-0.2, -0.15) is 0 Å². The van der Waals surface area contributed by atoms with Gasteiger partial charge in [0.15, 0.2) is 0 Å². The van der Waals surface area contributed by atoms with Crippen LogP contribution >= 0.6 is 0 Å². The molecule has 0 fully saturated rings. The molecule has 1 atom stereocenters. The number of methoxy groups -OCH3 is 1. The Hall–Kier alpha value is -2.37. The van der Waals surface area contributed by atoms with E-state index < -0.39 is 0 Å². The van der Waals surface area contributed by atoms with E-state index in [1.165, 1.54) is 0 Å². The summed E-state index contributed by atoms with van der Waals surface area (Å²) in [7, 11) is 1.60. The SMILES string of the molecule is COc1cnccc1C(NN)c1cc2ccccc2o1. The summed E-state index contributed by atoms with van der Waals surface area (Å²) in [6, 6.07) is 11.4. The van der Waals surface area contributed by atoms with Gasteiger partial charge in [0.25, 0.3) is 0 Å². The minimum absolute atomic E-state index is 0.291. The third-order valence-electron chi connectivity index (χ3n) is 3.24. The summed E-state index contributed by atoms with van der Waals surface area (Å²) >= 11 is 0. The number of nitrogens with one attached hydrogen (secondary N) is 1. The summed E-state index contributed by atoms with van der Waals surface area (Å²) < 4.78 is 11.2. The van der Waals surface area contributed by atoms with Crippen LogP contribution < -0.4 is 16.0 Å². The van der Waals surface area contributed by atoms with Crippen LogP contribution in [0.3, 0.4) is 0 Å². The van der Waals surface area contributed by atoms with Crippen molar-refractivity contribution in [3.05, 3.63) is 60.1 Å². The zero-order chi connectivity index (χ0) is 13.9. The summed E-state index contributed by atoms with van der Waals surface area (Å²) in [6.45, 7) is 0.